The molecule has 0 saturated carbocycles. The summed E-state index contributed by atoms with van der Waals surface area (Å²) >= 11 is 0. The van der Waals surface area contributed by atoms with Gasteiger partial charge in [0.15, 0.2) is 0 Å². The van der Waals surface area contributed by atoms with Crippen LogP contribution < -0.4 is 10.6 Å². The van der Waals surface area contributed by atoms with E-state index in [0.717, 1.165) is 5.56 Å². The van der Waals surface area contributed by atoms with E-state index < -0.39 is 12.1 Å². The molecule has 1 aromatic rings. The molecule has 0 aliphatic carbocycles. The Balaban J connectivity index is 2.44. The Morgan fingerprint density at radius 3 is 2.45 bits per heavy atom. The maximum absolute atomic E-state index is 11.6. The zero-order chi connectivity index (χ0) is 14.8. The van der Waals surface area contributed by atoms with E-state index in [-0.39, 0.29) is 5.97 Å². The Labute approximate surface area is 118 Å². The van der Waals surface area contributed by atoms with E-state index in [1.54, 1.807) is 0 Å². The average molecular weight is 280 g/mol. The molecular formula is C14H20N2O4. The van der Waals surface area contributed by atoms with Crippen LogP contribution in [0.4, 0.5) is 4.79 Å². The molecule has 0 aromatic heterocycles. The summed E-state index contributed by atoms with van der Waals surface area (Å²) in [6, 6.07) is 9.26. The van der Waals surface area contributed by atoms with Crippen LogP contribution in [0.3, 0.4) is 0 Å². The fourth-order valence-electron chi connectivity index (χ4n) is 1.67. The van der Waals surface area contributed by atoms with Gasteiger partial charge >= 0.3 is 12.1 Å². The lowest BCUT2D eigenvalue weighted by Crippen LogP contribution is -2.40. The molecule has 6 nitrogen and oxygen atoms in total. The number of carbonyl (C=O) groups is 2. The minimum atomic E-state index is -0.517. The molecule has 20 heavy (non-hydrogen) atoms. The Morgan fingerprint density at radius 1 is 1.15 bits per heavy atom. The highest BCUT2D eigenvalue weighted by Crippen LogP contribution is 2.01. The van der Waals surface area contributed by atoms with E-state index in [1.165, 1.54) is 14.2 Å². The summed E-state index contributed by atoms with van der Waals surface area (Å²) in [5.74, 6) is -0.354. The van der Waals surface area contributed by atoms with E-state index in [2.05, 4.69) is 15.4 Å². The zero-order valence-electron chi connectivity index (χ0n) is 11.7. The number of ether oxygens (including phenoxy) is 2. The summed E-state index contributed by atoms with van der Waals surface area (Å²) < 4.78 is 9.20. The molecule has 1 aromatic carbocycles. The van der Waals surface area contributed by atoms with Gasteiger partial charge < -0.3 is 20.1 Å². The number of nitrogens with one attached hydrogen (secondary N) is 2. The number of hydrogen-bond donors (Lipinski definition) is 2. The predicted molar refractivity (Wildman–Crippen MR) is 74.1 cm³/mol. The third-order valence-corrected chi connectivity index (χ3v) is 2.77. The van der Waals surface area contributed by atoms with Gasteiger partial charge in [0.05, 0.1) is 14.2 Å². The fraction of sp³-hybridized carbons (Fsp3) is 0.429. The average Bonchev–Trinajstić information content (AvgIpc) is 2.50. The summed E-state index contributed by atoms with van der Waals surface area (Å²) in [4.78, 5) is 22.6. The Morgan fingerprint density at radius 2 is 1.85 bits per heavy atom. The molecule has 0 aliphatic rings. The highest BCUT2D eigenvalue weighted by atomic mass is 16.5. The first-order valence-corrected chi connectivity index (χ1v) is 6.34. The molecule has 2 N–H and O–H groups in total. The minimum Gasteiger partial charge on any atom is -0.468 e. The van der Waals surface area contributed by atoms with Gasteiger partial charge in [0.1, 0.15) is 6.04 Å². The first-order valence-electron chi connectivity index (χ1n) is 6.34. The van der Waals surface area contributed by atoms with Crippen molar-refractivity contribution in [3.63, 3.8) is 0 Å². The highest BCUT2D eigenvalue weighted by molar-refractivity contribution is 5.75. The van der Waals surface area contributed by atoms with Crippen LogP contribution in [0.15, 0.2) is 30.3 Å². The maximum Gasteiger partial charge on any atom is 0.406 e. The molecule has 1 amide bonds. The molecule has 0 spiro atoms. The number of hydrogen-bond acceptors (Lipinski definition) is 5. The predicted octanol–water partition coefficient (Wildman–Crippen LogP) is 1.06. The van der Waals surface area contributed by atoms with Crippen molar-refractivity contribution in [2.45, 2.75) is 19.0 Å². The Bertz CT molecular complexity index is 422. The van der Waals surface area contributed by atoms with Gasteiger partial charge in [-0.2, -0.15) is 0 Å². The first-order chi connectivity index (χ1) is 9.67. The number of rotatable bonds is 7. The smallest absolute Gasteiger partial charge is 0.406 e. The molecule has 110 valence electrons. The van der Waals surface area contributed by atoms with Crippen LogP contribution in [0, 0.1) is 0 Å². The van der Waals surface area contributed by atoms with Gasteiger partial charge in [-0.25, -0.2) is 4.79 Å². The molecule has 0 saturated heterocycles. The molecular weight excluding hydrogens is 260 g/mol. The third-order valence-electron chi connectivity index (χ3n) is 2.77. The summed E-state index contributed by atoms with van der Waals surface area (Å²) in [5.41, 5.74) is 1.07. The third kappa shape index (κ3) is 5.71. The summed E-state index contributed by atoms with van der Waals surface area (Å²) in [6.45, 7) is 0.882. The second-order valence-corrected chi connectivity index (χ2v) is 4.15. The SMILES string of the molecule is COC(=O)NCC[C@H](NCc1ccccc1)C(=O)OC. The van der Waals surface area contributed by atoms with E-state index in [0.29, 0.717) is 19.5 Å². The number of carbonyl (C=O) groups excluding carboxylic acids is 2. The monoisotopic (exact) mass is 280 g/mol. The van der Waals surface area contributed by atoms with Crippen LogP contribution >= 0.6 is 0 Å². The lowest BCUT2D eigenvalue weighted by atomic mass is 10.1. The van der Waals surface area contributed by atoms with Crippen molar-refractivity contribution in [3.8, 4) is 0 Å². The van der Waals surface area contributed by atoms with Crippen LogP contribution in [0.2, 0.25) is 0 Å². The molecule has 1 rings (SSSR count). The number of amides is 1. The van der Waals surface area contributed by atoms with Crippen molar-refractivity contribution in [2.75, 3.05) is 20.8 Å². The normalized spacial score (nSPS) is 11.5. The van der Waals surface area contributed by atoms with Gasteiger partial charge in [-0.3, -0.25) is 4.79 Å². The van der Waals surface area contributed by atoms with Gasteiger partial charge in [-0.1, -0.05) is 30.3 Å². The fourth-order valence-corrected chi connectivity index (χ4v) is 1.67. The molecule has 0 fully saturated rings. The van der Waals surface area contributed by atoms with Crippen molar-refractivity contribution in [1.29, 1.82) is 0 Å². The number of methoxy groups -OCH3 is 2. The molecule has 0 aliphatic heterocycles. The second-order valence-electron chi connectivity index (χ2n) is 4.15. The highest BCUT2D eigenvalue weighted by Gasteiger charge is 2.18. The van der Waals surface area contributed by atoms with E-state index in [4.69, 9.17) is 4.74 Å². The Kier molecular flexibility index (Phi) is 7.13. The van der Waals surface area contributed by atoms with Crippen molar-refractivity contribution in [3.05, 3.63) is 35.9 Å². The molecule has 0 heterocycles. The topological polar surface area (TPSA) is 76.7 Å². The van der Waals surface area contributed by atoms with Gasteiger partial charge in [0.2, 0.25) is 0 Å². The second kappa shape index (κ2) is 8.92. The number of alkyl carbamates (subject to hydrolysis) is 1. The van der Waals surface area contributed by atoms with Crippen molar-refractivity contribution in [1.82, 2.24) is 10.6 Å². The first kappa shape index (κ1) is 16.0. The molecule has 0 radical (unpaired) electrons. The number of esters is 1. The number of benzene rings is 1. The lowest BCUT2D eigenvalue weighted by molar-refractivity contribution is -0.143. The summed E-state index contributed by atoms with van der Waals surface area (Å²) in [7, 11) is 2.63. The quantitative estimate of drug-likeness (QED) is 0.730. The van der Waals surface area contributed by atoms with Gasteiger partial charge in [0, 0.05) is 13.1 Å². The largest absolute Gasteiger partial charge is 0.468 e. The minimum absolute atomic E-state index is 0.328. The summed E-state index contributed by atoms with van der Waals surface area (Å²) in [6.07, 6.45) is -0.0918. The van der Waals surface area contributed by atoms with Crippen LogP contribution in [-0.4, -0.2) is 38.9 Å². The van der Waals surface area contributed by atoms with Crippen LogP contribution in [-0.2, 0) is 20.8 Å². The van der Waals surface area contributed by atoms with E-state index >= 15 is 0 Å². The lowest BCUT2D eigenvalue weighted by Gasteiger charge is -2.16. The van der Waals surface area contributed by atoms with E-state index in [1.807, 2.05) is 30.3 Å². The molecule has 0 unspecified atom stereocenters. The zero-order valence-corrected chi connectivity index (χ0v) is 11.7. The van der Waals surface area contributed by atoms with Crippen LogP contribution in [0.5, 0.6) is 0 Å². The van der Waals surface area contributed by atoms with Gasteiger partial charge in [0.25, 0.3) is 0 Å². The molecule has 6 heteroatoms. The summed E-state index contributed by atoms with van der Waals surface area (Å²) in [5, 5.41) is 5.64. The van der Waals surface area contributed by atoms with E-state index in [9.17, 15) is 9.59 Å². The van der Waals surface area contributed by atoms with Crippen LogP contribution in [0.1, 0.15) is 12.0 Å². The Hall–Kier alpha value is -2.08. The van der Waals surface area contributed by atoms with Gasteiger partial charge in [-0.15, -0.1) is 0 Å². The maximum atomic E-state index is 11.6. The van der Waals surface area contributed by atoms with Gasteiger partial charge in [-0.05, 0) is 12.0 Å². The molecule has 0 bridgehead atoms. The van der Waals surface area contributed by atoms with Crippen molar-refractivity contribution in [2.24, 2.45) is 0 Å². The van der Waals surface area contributed by atoms with Crippen molar-refractivity contribution >= 4 is 12.1 Å². The van der Waals surface area contributed by atoms with Crippen molar-refractivity contribution < 1.29 is 19.1 Å². The molecule has 1 atom stereocenters. The van der Waals surface area contributed by atoms with Crippen LogP contribution in [0.25, 0.3) is 0 Å². The standard InChI is InChI=1S/C14H20N2O4/c1-19-13(17)12(8-9-15-14(18)20-2)16-10-11-6-4-3-5-7-11/h3-7,12,16H,8-10H2,1-2H3,(H,15,18)/t12-/m0/s1.